The van der Waals surface area contributed by atoms with Crippen LogP contribution in [0.15, 0.2) is 31.0 Å². The van der Waals surface area contributed by atoms with Gasteiger partial charge in [0.25, 0.3) is 0 Å². The molecule has 0 aromatic heterocycles. The summed E-state index contributed by atoms with van der Waals surface area (Å²) in [5.41, 5.74) is 0.837. The molecule has 0 saturated carbocycles. The summed E-state index contributed by atoms with van der Waals surface area (Å²) in [4.78, 5) is 0. The highest BCUT2D eigenvalue weighted by Gasteiger charge is 2.13. The molecule has 1 rings (SSSR count). The molecule has 0 unspecified atom stereocenters. The monoisotopic (exact) mass is 220 g/mol. The number of methoxy groups -OCH3 is 2. The summed E-state index contributed by atoms with van der Waals surface area (Å²) in [7, 11) is 3.20. The number of allylic oxidation sites excluding steroid dienone is 1. The van der Waals surface area contributed by atoms with Crippen LogP contribution in [0.3, 0.4) is 0 Å². The van der Waals surface area contributed by atoms with Crippen LogP contribution in [0.25, 0.3) is 6.08 Å². The van der Waals surface area contributed by atoms with Gasteiger partial charge in [-0.25, -0.2) is 0 Å². The molecular weight excluding hydrogens is 204 g/mol. The molecule has 16 heavy (non-hydrogen) atoms. The van der Waals surface area contributed by atoms with Gasteiger partial charge in [-0.05, 0) is 19.1 Å². The van der Waals surface area contributed by atoms with Gasteiger partial charge < -0.3 is 14.2 Å². The Morgan fingerprint density at radius 1 is 1.12 bits per heavy atom. The average Bonchev–Trinajstić information content (AvgIpc) is 2.31. The number of ether oxygens (including phenoxy) is 3. The van der Waals surface area contributed by atoms with E-state index in [1.807, 2.05) is 25.1 Å². The molecular formula is C13H16O3. The third kappa shape index (κ3) is 2.37. The van der Waals surface area contributed by atoms with Gasteiger partial charge in [0.1, 0.15) is 5.75 Å². The van der Waals surface area contributed by atoms with E-state index in [4.69, 9.17) is 14.2 Å². The van der Waals surface area contributed by atoms with Crippen LogP contribution < -0.4 is 14.2 Å². The van der Waals surface area contributed by atoms with Gasteiger partial charge in [-0.2, -0.15) is 0 Å². The largest absolute Gasteiger partial charge is 0.493 e. The summed E-state index contributed by atoms with van der Waals surface area (Å²) in [6.07, 6.45) is 5.20. The molecule has 1 aromatic rings. The van der Waals surface area contributed by atoms with Crippen molar-refractivity contribution in [3.8, 4) is 17.2 Å². The van der Waals surface area contributed by atoms with Crippen molar-refractivity contribution >= 4 is 6.08 Å². The summed E-state index contributed by atoms with van der Waals surface area (Å²) < 4.78 is 15.8. The first-order valence-electron chi connectivity index (χ1n) is 4.93. The molecule has 3 nitrogen and oxygen atoms in total. The first kappa shape index (κ1) is 12.2. The first-order chi connectivity index (χ1) is 7.78. The molecule has 0 saturated heterocycles. The predicted octanol–water partition coefficient (Wildman–Crippen LogP) is 3.26. The molecule has 0 bridgehead atoms. The molecule has 0 atom stereocenters. The molecule has 0 N–H and O–H groups in total. The third-order valence-electron chi connectivity index (χ3n) is 2.09. The lowest BCUT2D eigenvalue weighted by Crippen LogP contribution is -1.95. The van der Waals surface area contributed by atoms with E-state index in [1.54, 1.807) is 20.3 Å². The molecule has 1 aromatic carbocycles. The number of rotatable bonds is 5. The summed E-state index contributed by atoms with van der Waals surface area (Å²) in [6, 6.07) is 3.61. The van der Waals surface area contributed by atoms with Crippen molar-refractivity contribution in [3.05, 3.63) is 36.6 Å². The number of benzene rings is 1. The van der Waals surface area contributed by atoms with Crippen LogP contribution in [0.2, 0.25) is 0 Å². The van der Waals surface area contributed by atoms with Crippen LogP contribution in [-0.4, -0.2) is 14.2 Å². The smallest absolute Gasteiger partial charge is 0.171 e. The van der Waals surface area contributed by atoms with E-state index in [9.17, 15) is 0 Å². The summed E-state index contributed by atoms with van der Waals surface area (Å²) in [5.74, 6) is 2.01. The maximum absolute atomic E-state index is 5.32. The Morgan fingerprint density at radius 2 is 1.81 bits per heavy atom. The minimum atomic E-state index is 0.653. The lowest BCUT2D eigenvalue weighted by atomic mass is 10.1. The predicted molar refractivity (Wildman–Crippen MR) is 65.1 cm³/mol. The van der Waals surface area contributed by atoms with Gasteiger partial charge in [0.2, 0.25) is 0 Å². The minimum absolute atomic E-state index is 0.653. The highest BCUT2D eigenvalue weighted by atomic mass is 16.5. The summed E-state index contributed by atoms with van der Waals surface area (Å²) in [5, 5.41) is 0. The van der Waals surface area contributed by atoms with Gasteiger partial charge in [0, 0.05) is 0 Å². The quantitative estimate of drug-likeness (QED) is 0.713. The molecule has 0 aliphatic rings. The Hall–Kier alpha value is -1.90. The molecule has 86 valence electrons. The van der Waals surface area contributed by atoms with E-state index in [0.29, 0.717) is 17.2 Å². The zero-order valence-electron chi connectivity index (χ0n) is 9.82. The fraction of sp³-hybridized carbons (Fsp3) is 0.231. The maximum Gasteiger partial charge on any atom is 0.171 e. The highest BCUT2D eigenvalue weighted by Crippen LogP contribution is 2.38. The summed E-state index contributed by atoms with van der Waals surface area (Å²) >= 11 is 0. The topological polar surface area (TPSA) is 27.7 Å². The zero-order valence-corrected chi connectivity index (χ0v) is 9.82. The molecule has 0 aliphatic carbocycles. The van der Waals surface area contributed by atoms with Crippen molar-refractivity contribution in [2.75, 3.05) is 14.2 Å². The van der Waals surface area contributed by atoms with Crippen molar-refractivity contribution in [1.82, 2.24) is 0 Å². The molecule has 0 radical (unpaired) electrons. The minimum Gasteiger partial charge on any atom is -0.493 e. The first-order valence-corrected chi connectivity index (χ1v) is 4.93. The van der Waals surface area contributed by atoms with Crippen molar-refractivity contribution in [1.29, 1.82) is 0 Å². The van der Waals surface area contributed by atoms with Crippen molar-refractivity contribution in [2.24, 2.45) is 0 Å². The fourth-order valence-electron chi connectivity index (χ4n) is 1.45. The molecule has 3 heteroatoms. The molecule has 0 fully saturated rings. The molecule has 0 spiro atoms. The maximum atomic E-state index is 5.32. The normalized spacial score (nSPS) is 10.2. The van der Waals surface area contributed by atoms with E-state index in [0.717, 1.165) is 5.56 Å². The zero-order chi connectivity index (χ0) is 12.0. The highest BCUT2D eigenvalue weighted by molar-refractivity contribution is 5.68. The van der Waals surface area contributed by atoms with Gasteiger partial charge in [-0.1, -0.05) is 18.7 Å². The van der Waals surface area contributed by atoms with Crippen LogP contribution in [0, 0.1) is 0 Å². The SMILES string of the molecule is C=COc1ccc(OC)c(OC)c1/C=C/C. The number of hydrogen-bond donors (Lipinski definition) is 0. The Bertz CT molecular complexity index is 394. The Kier molecular flexibility index (Phi) is 4.45. The van der Waals surface area contributed by atoms with Crippen molar-refractivity contribution < 1.29 is 14.2 Å². The number of hydrogen-bond acceptors (Lipinski definition) is 3. The van der Waals surface area contributed by atoms with Crippen LogP contribution in [-0.2, 0) is 0 Å². The third-order valence-corrected chi connectivity index (χ3v) is 2.09. The van der Waals surface area contributed by atoms with Crippen LogP contribution in [0.4, 0.5) is 0 Å². The van der Waals surface area contributed by atoms with E-state index < -0.39 is 0 Å². The second-order valence-corrected chi connectivity index (χ2v) is 3.00. The molecule has 0 aliphatic heterocycles. The molecule has 0 heterocycles. The second kappa shape index (κ2) is 5.85. The summed E-state index contributed by atoms with van der Waals surface area (Å²) in [6.45, 7) is 5.46. The second-order valence-electron chi connectivity index (χ2n) is 3.00. The van der Waals surface area contributed by atoms with E-state index >= 15 is 0 Å². The van der Waals surface area contributed by atoms with Gasteiger partial charge in [-0.3, -0.25) is 0 Å². The van der Waals surface area contributed by atoms with E-state index in [-0.39, 0.29) is 0 Å². The van der Waals surface area contributed by atoms with Crippen molar-refractivity contribution in [2.45, 2.75) is 6.92 Å². The van der Waals surface area contributed by atoms with Crippen LogP contribution >= 0.6 is 0 Å². The fourth-order valence-corrected chi connectivity index (χ4v) is 1.45. The van der Waals surface area contributed by atoms with Crippen LogP contribution in [0.5, 0.6) is 17.2 Å². The van der Waals surface area contributed by atoms with Crippen molar-refractivity contribution in [3.63, 3.8) is 0 Å². The van der Waals surface area contributed by atoms with E-state index in [1.165, 1.54) is 6.26 Å². The lowest BCUT2D eigenvalue weighted by Gasteiger charge is -2.13. The van der Waals surface area contributed by atoms with Crippen LogP contribution in [0.1, 0.15) is 12.5 Å². The van der Waals surface area contributed by atoms with Gasteiger partial charge in [-0.15, -0.1) is 0 Å². The Morgan fingerprint density at radius 3 is 2.31 bits per heavy atom. The Balaban J connectivity index is 3.36. The van der Waals surface area contributed by atoms with Gasteiger partial charge >= 0.3 is 0 Å². The average molecular weight is 220 g/mol. The van der Waals surface area contributed by atoms with E-state index in [2.05, 4.69) is 6.58 Å². The molecule has 0 amide bonds. The van der Waals surface area contributed by atoms with Gasteiger partial charge in [0.15, 0.2) is 11.5 Å². The van der Waals surface area contributed by atoms with Gasteiger partial charge in [0.05, 0.1) is 26.0 Å². The standard InChI is InChI=1S/C13H16O3/c1-5-7-10-11(16-6-2)8-9-12(14-3)13(10)15-4/h5-9H,2H2,1,3-4H3/b7-5+. The lowest BCUT2D eigenvalue weighted by molar-refractivity contribution is 0.351. The Labute approximate surface area is 95.9 Å².